The van der Waals surface area contributed by atoms with Gasteiger partial charge in [0, 0.05) is 38.1 Å². The molecule has 6 nitrogen and oxygen atoms in total. The van der Waals surface area contributed by atoms with Crippen molar-refractivity contribution in [3.63, 3.8) is 0 Å². The molecule has 0 aliphatic heterocycles. The van der Waals surface area contributed by atoms with Gasteiger partial charge in [-0.3, -0.25) is 0 Å². The molecule has 0 atom stereocenters. The number of aromatic nitrogens is 2. The summed E-state index contributed by atoms with van der Waals surface area (Å²) in [7, 11) is 0. The lowest BCUT2D eigenvalue weighted by atomic mass is 9.70. The van der Waals surface area contributed by atoms with E-state index in [1.165, 1.54) is 33.4 Å². The summed E-state index contributed by atoms with van der Waals surface area (Å²) in [5.74, 6) is 0.571. The highest BCUT2D eigenvalue weighted by Gasteiger charge is 2.51. The minimum absolute atomic E-state index is 0.571. The molecular weight excluding hydrogens is 811 g/mol. The molecule has 1 spiro atoms. The van der Waals surface area contributed by atoms with E-state index in [1.54, 1.807) is 0 Å². The average molecular weight is 842 g/mol. The van der Waals surface area contributed by atoms with E-state index in [0.717, 1.165) is 88.2 Å². The van der Waals surface area contributed by atoms with Gasteiger partial charge in [-0.25, -0.2) is 14.8 Å². The monoisotopic (exact) mass is 841 g/mol. The summed E-state index contributed by atoms with van der Waals surface area (Å²) >= 11 is 0. The Labute approximate surface area is 376 Å². The van der Waals surface area contributed by atoms with Gasteiger partial charge in [0.1, 0.15) is 39.1 Å². The lowest BCUT2D eigenvalue weighted by Crippen LogP contribution is -2.25. The topological polar surface area (TPSA) is 69.6 Å². The van der Waals surface area contributed by atoms with Gasteiger partial charge < -0.3 is 13.3 Å². The maximum absolute atomic E-state index is 8.02. The van der Waals surface area contributed by atoms with Crippen LogP contribution in [0.25, 0.3) is 127 Å². The Morgan fingerprint density at radius 2 is 0.924 bits per heavy atom. The number of hydrogen-bond donors (Lipinski definition) is 0. The molecule has 0 saturated heterocycles. The second-order valence-electron chi connectivity index (χ2n) is 17.4. The van der Waals surface area contributed by atoms with Crippen molar-refractivity contribution in [2.45, 2.75) is 5.41 Å². The van der Waals surface area contributed by atoms with E-state index in [2.05, 4.69) is 126 Å². The highest BCUT2D eigenvalue weighted by atomic mass is 16.3. The summed E-state index contributed by atoms with van der Waals surface area (Å²) in [6, 6.07) is 65.5. The summed E-state index contributed by atoms with van der Waals surface area (Å²) in [5.41, 5.74) is 19.4. The molecule has 4 heterocycles. The third-order valence-corrected chi connectivity index (χ3v) is 14.1. The predicted molar refractivity (Wildman–Crippen MR) is 263 cm³/mol. The second kappa shape index (κ2) is 12.8. The molecule has 0 radical (unpaired) electrons. The first-order chi connectivity index (χ1) is 32.7. The van der Waals surface area contributed by atoms with E-state index in [0.29, 0.717) is 28.4 Å². The molecule has 0 bridgehead atoms. The molecule has 0 saturated carbocycles. The summed E-state index contributed by atoms with van der Waals surface area (Å²) < 4.78 is 19.7. The first kappa shape index (κ1) is 35.4. The van der Waals surface area contributed by atoms with Crippen LogP contribution in [0.2, 0.25) is 0 Å². The molecule has 0 fully saturated rings. The smallest absolute Gasteiger partial charge is 0.187 e. The maximum Gasteiger partial charge on any atom is 0.187 e. The Bertz CT molecular complexity index is 4290. The highest BCUT2D eigenvalue weighted by Crippen LogP contribution is 2.63. The van der Waals surface area contributed by atoms with Crippen LogP contribution in [0.3, 0.4) is 0 Å². The summed E-state index contributed by atoms with van der Waals surface area (Å²) in [6.07, 6.45) is 0. The van der Waals surface area contributed by atoms with Gasteiger partial charge in [-0.15, -0.1) is 0 Å². The van der Waals surface area contributed by atoms with Crippen LogP contribution in [-0.2, 0) is 5.41 Å². The largest absolute Gasteiger partial charge is 0.456 e. The van der Waals surface area contributed by atoms with Crippen LogP contribution in [0.5, 0.6) is 0 Å². The Balaban J connectivity index is 0.992. The Kier molecular flexibility index (Phi) is 6.86. The third kappa shape index (κ3) is 4.53. The van der Waals surface area contributed by atoms with Gasteiger partial charge in [0.05, 0.1) is 12.0 Å². The van der Waals surface area contributed by atoms with Gasteiger partial charge in [0.2, 0.25) is 0 Å². The van der Waals surface area contributed by atoms with Crippen molar-refractivity contribution in [2.75, 3.05) is 0 Å². The van der Waals surface area contributed by atoms with Crippen molar-refractivity contribution in [1.29, 1.82) is 0 Å². The number of nitrogens with zero attached hydrogens (tertiary/aromatic N) is 3. The molecule has 9 aromatic carbocycles. The molecule has 2 aliphatic carbocycles. The molecular formula is C60H31N3O3. The van der Waals surface area contributed by atoms with Crippen LogP contribution in [-0.4, -0.2) is 9.97 Å². The second-order valence-corrected chi connectivity index (χ2v) is 17.4. The summed E-state index contributed by atoms with van der Waals surface area (Å²) in [5, 5.41) is 4.83. The molecule has 0 N–H and O–H groups in total. The molecule has 15 rings (SSSR count). The zero-order valence-electron chi connectivity index (χ0n) is 35.0. The maximum atomic E-state index is 8.02. The van der Waals surface area contributed by atoms with Gasteiger partial charge >= 0.3 is 0 Å². The lowest BCUT2D eigenvalue weighted by Gasteiger charge is -2.31. The minimum atomic E-state index is -0.589. The fraction of sp³-hybridized carbons (Fsp3) is 0.0167. The van der Waals surface area contributed by atoms with E-state index in [4.69, 9.17) is 29.8 Å². The van der Waals surface area contributed by atoms with Gasteiger partial charge in [0.25, 0.3) is 0 Å². The van der Waals surface area contributed by atoms with Crippen LogP contribution in [0.4, 0.5) is 5.69 Å². The molecule has 304 valence electrons. The minimum Gasteiger partial charge on any atom is -0.456 e. The zero-order valence-corrected chi connectivity index (χ0v) is 35.0. The first-order valence-corrected chi connectivity index (χ1v) is 22.1. The van der Waals surface area contributed by atoms with E-state index in [9.17, 15) is 0 Å². The van der Waals surface area contributed by atoms with Crippen molar-refractivity contribution < 1.29 is 13.3 Å². The fourth-order valence-corrected chi connectivity index (χ4v) is 11.4. The predicted octanol–water partition coefficient (Wildman–Crippen LogP) is 16.1. The molecule has 0 amide bonds. The van der Waals surface area contributed by atoms with Crippen LogP contribution in [0, 0.1) is 6.57 Å². The number of hydrogen-bond acceptors (Lipinski definition) is 5. The van der Waals surface area contributed by atoms with Crippen LogP contribution in [0.15, 0.2) is 201 Å². The standard InChI is InChI=1S/C60H31N3O3/c1-61-35-26-28-39-38-27-24-34(31-47(38)60(48(39)32-35)45-18-6-2-12-36(45)37-13-3-7-19-46(37)60)33-25-29-51-44(30-33)57-58(66-51)56(42-16-10-22-52-54(42)40-14-4-8-20-49(40)64-52)62-59(63-57)43-17-11-23-53-55(43)41-15-5-9-21-50(41)65-53/h2-32H. The molecule has 2 aliphatic rings. The van der Waals surface area contributed by atoms with Gasteiger partial charge in [-0.2, -0.15) is 0 Å². The van der Waals surface area contributed by atoms with Crippen molar-refractivity contribution in [3.8, 4) is 56.0 Å². The Hall–Kier alpha value is -9.05. The van der Waals surface area contributed by atoms with Crippen LogP contribution < -0.4 is 0 Å². The van der Waals surface area contributed by atoms with Gasteiger partial charge in [-0.05, 0) is 98.1 Å². The number of para-hydroxylation sites is 2. The number of furan rings is 3. The third-order valence-electron chi connectivity index (χ3n) is 14.1. The van der Waals surface area contributed by atoms with Crippen molar-refractivity contribution in [2.24, 2.45) is 0 Å². The lowest BCUT2D eigenvalue weighted by molar-refractivity contribution is 0.667. The van der Waals surface area contributed by atoms with E-state index in [1.807, 2.05) is 66.7 Å². The van der Waals surface area contributed by atoms with Gasteiger partial charge in [0.15, 0.2) is 17.1 Å². The molecule has 66 heavy (non-hydrogen) atoms. The van der Waals surface area contributed by atoms with E-state index in [-0.39, 0.29) is 0 Å². The summed E-state index contributed by atoms with van der Waals surface area (Å²) in [6.45, 7) is 8.02. The SMILES string of the molecule is [C-]#[N+]c1ccc2c(c1)C1(c3ccccc3-c3ccccc31)c1cc(-c3ccc4oc5c(-c6cccc7oc8ccccc8c67)nc(-c6cccc7oc8ccccc8c67)nc5c4c3)ccc1-2. The molecule has 13 aromatic rings. The molecule has 4 aromatic heterocycles. The summed E-state index contributed by atoms with van der Waals surface area (Å²) in [4.78, 5) is 14.8. The number of fused-ring (bicyclic) bond motifs is 19. The fourth-order valence-electron chi connectivity index (χ4n) is 11.4. The average Bonchev–Trinajstić information content (AvgIpc) is 4.18. The van der Waals surface area contributed by atoms with Gasteiger partial charge in [-0.1, -0.05) is 146 Å². The van der Waals surface area contributed by atoms with Crippen molar-refractivity contribution >= 4 is 71.6 Å². The van der Waals surface area contributed by atoms with Crippen LogP contribution in [0.1, 0.15) is 22.3 Å². The Morgan fingerprint density at radius 1 is 0.394 bits per heavy atom. The first-order valence-electron chi connectivity index (χ1n) is 22.1. The highest BCUT2D eigenvalue weighted by molar-refractivity contribution is 6.17. The number of benzene rings is 9. The Morgan fingerprint density at radius 3 is 1.64 bits per heavy atom. The normalized spacial score (nSPS) is 13.3. The quantitative estimate of drug-likeness (QED) is 0.166. The zero-order chi connectivity index (χ0) is 43.3. The van der Waals surface area contributed by atoms with Crippen molar-refractivity contribution in [3.05, 3.63) is 222 Å². The van der Waals surface area contributed by atoms with Crippen molar-refractivity contribution in [1.82, 2.24) is 9.97 Å². The molecule has 0 unspecified atom stereocenters. The number of rotatable bonds is 3. The van der Waals surface area contributed by atoms with Crippen LogP contribution >= 0.6 is 0 Å². The molecule has 6 heteroatoms. The van der Waals surface area contributed by atoms with E-state index < -0.39 is 5.41 Å². The van der Waals surface area contributed by atoms with E-state index >= 15 is 0 Å².